The summed E-state index contributed by atoms with van der Waals surface area (Å²) in [6, 6.07) is 6.08. The van der Waals surface area contributed by atoms with Crippen LogP contribution in [-0.2, 0) is 0 Å². The third-order valence-electron chi connectivity index (χ3n) is 4.23. The number of piperazine rings is 1. The molecule has 1 aromatic heterocycles. The summed E-state index contributed by atoms with van der Waals surface area (Å²) in [5.41, 5.74) is 1.77. The third kappa shape index (κ3) is 3.26. The van der Waals surface area contributed by atoms with Crippen LogP contribution < -0.4 is 4.90 Å². The summed E-state index contributed by atoms with van der Waals surface area (Å²) < 4.78 is 0. The molecule has 0 unspecified atom stereocenters. The molecule has 2 aromatic rings. The molecule has 2 heterocycles. The lowest BCUT2D eigenvalue weighted by Gasteiger charge is -2.34. The van der Waals surface area contributed by atoms with E-state index in [9.17, 15) is 9.59 Å². The van der Waals surface area contributed by atoms with Crippen molar-refractivity contribution in [2.24, 2.45) is 0 Å². The molecule has 1 fully saturated rings. The van der Waals surface area contributed by atoms with Gasteiger partial charge < -0.3 is 14.9 Å². The van der Waals surface area contributed by atoms with E-state index in [0.29, 0.717) is 18.7 Å². The van der Waals surface area contributed by atoms with Gasteiger partial charge in [-0.05, 0) is 38.1 Å². The van der Waals surface area contributed by atoms with Gasteiger partial charge in [-0.1, -0.05) is 0 Å². The predicted molar refractivity (Wildman–Crippen MR) is 93.1 cm³/mol. The van der Waals surface area contributed by atoms with Crippen molar-refractivity contribution in [3.05, 3.63) is 46.0 Å². The van der Waals surface area contributed by atoms with Crippen LogP contribution in [0.5, 0.6) is 0 Å². The van der Waals surface area contributed by atoms with Crippen LogP contribution in [0.2, 0.25) is 0 Å². The van der Waals surface area contributed by atoms with Crippen molar-refractivity contribution in [3.8, 4) is 0 Å². The van der Waals surface area contributed by atoms with Gasteiger partial charge in [0.15, 0.2) is 5.13 Å². The van der Waals surface area contributed by atoms with Crippen molar-refractivity contribution in [1.29, 1.82) is 0 Å². The fourth-order valence-electron chi connectivity index (χ4n) is 2.63. The second kappa shape index (κ2) is 6.60. The minimum Gasteiger partial charge on any atom is -0.478 e. The molecule has 126 valence electrons. The van der Waals surface area contributed by atoms with Crippen LogP contribution >= 0.6 is 11.3 Å². The molecule has 0 atom stereocenters. The predicted octanol–water partition coefficient (Wildman–Crippen LogP) is 2.42. The summed E-state index contributed by atoms with van der Waals surface area (Å²) >= 11 is 1.69. The Labute approximate surface area is 144 Å². The number of carbonyl (C=O) groups is 2. The number of aromatic nitrogens is 1. The monoisotopic (exact) mass is 345 g/mol. The van der Waals surface area contributed by atoms with Gasteiger partial charge in [-0.25, -0.2) is 9.78 Å². The first kappa shape index (κ1) is 16.4. The lowest BCUT2D eigenvalue weighted by molar-refractivity contribution is 0.0693. The smallest absolute Gasteiger partial charge is 0.335 e. The number of thiazole rings is 1. The maximum atomic E-state index is 12.5. The Bertz CT molecular complexity index is 742. The Kier molecular flexibility index (Phi) is 4.53. The molecular formula is C17H19N3O3S. The van der Waals surface area contributed by atoms with Crippen molar-refractivity contribution in [2.75, 3.05) is 31.1 Å². The molecule has 0 radical (unpaired) electrons. The molecule has 1 aromatic carbocycles. The summed E-state index contributed by atoms with van der Waals surface area (Å²) in [5.74, 6) is -1.05. The Morgan fingerprint density at radius 1 is 1.04 bits per heavy atom. The van der Waals surface area contributed by atoms with Crippen LogP contribution in [0.25, 0.3) is 0 Å². The number of amides is 1. The van der Waals surface area contributed by atoms with E-state index in [4.69, 9.17) is 5.11 Å². The molecule has 7 heteroatoms. The summed E-state index contributed by atoms with van der Waals surface area (Å²) in [6.07, 6.45) is 0. The summed E-state index contributed by atoms with van der Waals surface area (Å²) in [5, 5.41) is 9.93. The third-order valence-corrected chi connectivity index (χ3v) is 5.37. The van der Waals surface area contributed by atoms with Gasteiger partial charge >= 0.3 is 5.97 Å². The molecule has 1 amide bonds. The molecule has 0 spiro atoms. The molecule has 1 N–H and O–H groups in total. The topological polar surface area (TPSA) is 73.7 Å². The number of aryl methyl sites for hydroxylation is 2. The van der Waals surface area contributed by atoms with Gasteiger partial charge in [0.25, 0.3) is 5.91 Å². The van der Waals surface area contributed by atoms with Crippen molar-refractivity contribution in [2.45, 2.75) is 13.8 Å². The first-order chi connectivity index (χ1) is 11.5. The molecule has 1 saturated heterocycles. The Morgan fingerprint density at radius 2 is 1.62 bits per heavy atom. The van der Waals surface area contributed by atoms with Crippen molar-refractivity contribution in [1.82, 2.24) is 9.88 Å². The van der Waals surface area contributed by atoms with Crippen LogP contribution in [0.4, 0.5) is 5.13 Å². The highest BCUT2D eigenvalue weighted by Gasteiger charge is 2.24. The second-order valence-electron chi connectivity index (χ2n) is 5.80. The molecule has 24 heavy (non-hydrogen) atoms. The zero-order valence-electron chi connectivity index (χ0n) is 13.7. The van der Waals surface area contributed by atoms with E-state index < -0.39 is 5.97 Å². The highest BCUT2D eigenvalue weighted by atomic mass is 32.1. The number of carboxylic acid groups (broad SMARTS) is 1. The number of benzene rings is 1. The number of aromatic carboxylic acids is 1. The average Bonchev–Trinajstić information content (AvgIpc) is 2.93. The highest BCUT2D eigenvalue weighted by molar-refractivity contribution is 7.15. The van der Waals surface area contributed by atoms with Gasteiger partial charge in [0.2, 0.25) is 0 Å². The van der Waals surface area contributed by atoms with Crippen LogP contribution in [0.3, 0.4) is 0 Å². The molecule has 0 aliphatic carbocycles. The Hall–Kier alpha value is -2.41. The van der Waals surface area contributed by atoms with E-state index in [-0.39, 0.29) is 11.5 Å². The van der Waals surface area contributed by atoms with Crippen molar-refractivity contribution < 1.29 is 14.7 Å². The molecular weight excluding hydrogens is 326 g/mol. The summed E-state index contributed by atoms with van der Waals surface area (Å²) in [6.45, 7) is 6.86. The normalized spacial score (nSPS) is 14.8. The molecule has 0 saturated carbocycles. The first-order valence-corrected chi connectivity index (χ1v) is 8.59. The lowest BCUT2D eigenvalue weighted by atomic mass is 10.1. The van der Waals surface area contributed by atoms with Gasteiger partial charge in [0.1, 0.15) is 0 Å². The Morgan fingerprint density at radius 3 is 2.12 bits per heavy atom. The number of hydrogen-bond acceptors (Lipinski definition) is 5. The SMILES string of the molecule is Cc1nc(N2CCN(C(=O)c3ccc(C(=O)O)cc3)CC2)sc1C. The molecule has 1 aliphatic rings. The first-order valence-electron chi connectivity index (χ1n) is 7.77. The van der Waals surface area contributed by atoms with Crippen LogP contribution in [0, 0.1) is 13.8 Å². The largest absolute Gasteiger partial charge is 0.478 e. The minimum absolute atomic E-state index is 0.0573. The van der Waals surface area contributed by atoms with Crippen molar-refractivity contribution in [3.63, 3.8) is 0 Å². The zero-order chi connectivity index (χ0) is 17.3. The molecule has 0 bridgehead atoms. The molecule has 1 aliphatic heterocycles. The van der Waals surface area contributed by atoms with E-state index in [0.717, 1.165) is 23.9 Å². The fourth-order valence-corrected chi connectivity index (χ4v) is 3.59. The summed E-state index contributed by atoms with van der Waals surface area (Å²) in [7, 11) is 0. The fraction of sp³-hybridized carbons (Fsp3) is 0.353. The van der Waals surface area contributed by atoms with E-state index in [1.165, 1.54) is 17.0 Å². The van der Waals surface area contributed by atoms with Gasteiger partial charge in [-0.15, -0.1) is 11.3 Å². The number of carbonyl (C=O) groups excluding carboxylic acids is 1. The molecule has 6 nitrogen and oxygen atoms in total. The number of carboxylic acids is 1. The van der Waals surface area contributed by atoms with Crippen molar-refractivity contribution >= 4 is 28.3 Å². The lowest BCUT2D eigenvalue weighted by Crippen LogP contribution is -2.48. The van der Waals surface area contributed by atoms with Gasteiger partial charge in [-0.2, -0.15) is 0 Å². The second-order valence-corrected chi connectivity index (χ2v) is 6.98. The van der Waals surface area contributed by atoms with E-state index in [1.807, 2.05) is 6.92 Å². The number of rotatable bonds is 3. The van der Waals surface area contributed by atoms with Gasteiger partial charge in [-0.3, -0.25) is 4.79 Å². The van der Waals surface area contributed by atoms with Crippen LogP contribution in [0.15, 0.2) is 24.3 Å². The van der Waals surface area contributed by atoms with Crippen LogP contribution in [0.1, 0.15) is 31.3 Å². The standard InChI is InChI=1S/C17H19N3O3S/c1-11-12(2)24-17(18-11)20-9-7-19(8-10-20)15(21)13-3-5-14(6-4-13)16(22)23/h3-6H,7-10H2,1-2H3,(H,22,23). The van der Waals surface area contributed by atoms with E-state index in [2.05, 4.69) is 16.8 Å². The van der Waals surface area contributed by atoms with Gasteiger partial charge in [0, 0.05) is 36.6 Å². The Balaban J connectivity index is 1.63. The minimum atomic E-state index is -0.989. The quantitative estimate of drug-likeness (QED) is 0.925. The maximum absolute atomic E-state index is 12.5. The maximum Gasteiger partial charge on any atom is 0.335 e. The molecule has 3 rings (SSSR count). The van der Waals surface area contributed by atoms with E-state index >= 15 is 0 Å². The number of nitrogens with zero attached hydrogens (tertiary/aromatic N) is 3. The number of hydrogen-bond donors (Lipinski definition) is 1. The average molecular weight is 345 g/mol. The van der Waals surface area contributed by atoms with E-state index in [1.54, 1.807) is 28.4 Å². The zero-order valence-corrected chi connectivity index (χ0v) is 14.5. The number of anilines is 1. The van der Waals surface area contributed by atoms with Gasteiger partial charge in [0.05, 0.1) is 11.3 Å². The highest BCUT2D eigenvalue weighted by Crippen LogP contribution is 2.26. The summed E-state index contributed by atoms with van der Waals surface area (Å²) in [4.78, 5) is 33.2. The van der Waals surface area contributed by atoms with Crippen LogP contribution in [-0.4, -0.2) is 53.0 Å².